The van der Waals surface area contributed by atoms with Crippen LogP contribution in [0.4, 0.5) is 15.8 Å². The highest BCUT2D eigenvalue weighted by Crippen LogP contribution is 2.41. The van der Waals surface area contributed by atoms with Crippen molar-refractivity contribution in [3.8, 4) is 0 Å². The minimum absolute atomic E-state index is 0.296. The minimum Gasteiger partial charge on any atom is -0.351 e. The molecule has 0 saturated heterocycles. The zero-order chi connectivity index (χ0) is 14.9. The summed E-state index contributed by atoms with van der Waals surface area (Å²) in [5.74, 6) is -0.384. The molecule has 0 unspecified atom stereocenters. The van der Waals surface area contributed by atoms with Crippen molar-refractivity contribution >= 4 is 58.0 Å². The quantitative estimate of drug-likeness (QED) is 0.584. The molecule has 3 nitrogen and oxygen atoms in total. The number of halogens is 3. The van der Waals surface area contributed by atoms with Gasteiger partial charge < -0.3 is 9.88 Å². The molecule has 1 aromatic carbocycles. The van der Waals surface area contributed by atoms with Gasteiger partial charge in [-0.3, -0.25) is 4.98 Å². The first-order valence-corrected chi connectivity index (χ1v) is 9.76. The third-order valence-electron chi connectivity index (χ3n) is 2.61. The van der Waals surface area contributed by atoms with Crippen LogP contribution in [0.15, 0.2) is 30.6 Å². The van der Waals surface area contributed by atoms with Crippen molar-refractivity contribution in [1.29, 1.82) is 0 Å². The van der Waals surface area contributed by atoms with Crippen molar-refractivity contribution in [3.63, 3.8) is 0 Å². The van der Waals surface area contributed by atoms with Crippen LogP contribution in [0.25, 0.3) is 0 Å². The summed E-state index contributed by atoms with van der Waals surface area (Å²) in [6.07, 6.45) is 2.93. The second-order valence-corrected chi connectivity index (χ2v) is 9.42. The van der Waals surface area contributed by atoms with Crippen LogP contribution in [-0.2, 0) is 4.57 Å². The van der Waals surface area contributed by atoms with Gasteiger partial charge in [0, 0.05) is 9.77 Å². The Morgan fingerprint density at radius 3 is 2.60 bits per heavy atom. The summed E-state index contributed by atoms with van der Waals surface area (Å²) in [5.41, 5.74) is 0.759. The van der Waals surface area contributed by atoms with Gasteiger partial charge in [0.15, 0.2) is 0 Å². The molecule has 2 aromatic rings. The van der Waals surface area contributed by atoms with Crippen LogP contribution in [0, 0.1) is 9.39 Å². The molecule has 7 heteroatoms. The van der Waals surface area contributed by atoms with E-state index in [1.807, 2.05) is 22.6 Å². The lowest BCUT2D eigenvalue weighted by Crippen LogP contribution is -2.12. The maximum Gasteiger partial charge on any atom is 0.147 e. The Labute approximate surface area is 135 Å². The topological polar surface area (TPSA) is 42.0 Å². The molecular formula is C13H12ClFIN2OP. The third kappa shape index (κ3) is 3.51. The van der Waals surface area contributed by atoms with Gasteiger partial charge in [-0.2, -0.15) is 0 Å². The second kappa shape index (κ2) is 6.00. The van der Waals surface area contributed by atoms with Crippen LogP contribution in [0.3, 0.4) is 0 Å². The fourth-order valence-corrected chi connectivity index (χ4v) is 4.29. The molecule has 1 aromatic heterocycles. The van der Waals surface area contributed by atoms with Gasteiger partial charge in [-0.05, 0) is 54.1 Å². The standard InChI is InChI=1S/C13H12ClFIN2OP/c1-20(2,19)13-9(14)6-17-7-12(13)18-11-4-3-8(16)5-10(11)15/h3-7,18H,1-2H3. The van der Waals surface area contributed by atoms with E-state index in [1.165, 1.54) is 18.5 Å². The molecular weight excluding hydrogens is 412 g/mol. The Bertz CT molecular complexity index is 705. The lowest BCUT2D eigenvalue weighted by Gasteiger charge is -2.16. The van der Waals surface area contributed by atoms with E-state index in [4.69, 9.17) is 11.6 Å². The van der Waals surface area contributed by atoms with E-state index < -0.39 is 7.14 Å². The maximum absolute atomic E-state index is 13.9. The zero-order valence-corrected chi connectivity index (χ0v) is 14.6. The molecule has 0 saturated carbocycles. The van der Waals surface area contributed by atoms with E-state index in [0.29, 0.717) is 21.7 Å². The first kappa shape index (κ1) is 15.7. The maximum atomic E-state index is 13.9. The summed E-state index contributed by atoms with van der Waals surface area (Å²) in [6.45, 7) is 3.23. The molecule has 0 spiro atoms. The highest BCUT2D eigenvalue weighted by molar-refractivity contribution is 14.1. The molecule has 0 aliphatic carbocycles. The molecule has 0 bridgehead atoms. The largest absolute Gasteiger partial charge is 0.351 e. The first-order valence-electron chi connectivity index (χ1n) is 5.70. The van der Waals surface area contributed by atoms with Crippen LogP contribution in [0.1, 0.15) is 0 Å². The number of hydrogen-bond acceptors (Lipinski definition) is 3. The van der Waals surface area contributed by atoms with Gasteiger partial charge in [-0.15, -0.1) is 0 Å². The summed E-state index contributed by atoms with van der Waals surface area (Å²) in [5, 5.41) is 3.71. The Morgan fingerprint density at radius 1 is 1.30 bits per heavy atom. The fraction of sp³-hybridized carbons (Fsp3) is 0.154. The molecule has 1 heterocycles. The molecule has 0 fully saturated rings. The van der Waals surface area contributed by atoms with Gasteiger partial charge in [-0.25, -0.2) is 4.39 Å². The van der Waals surface area contributed by atoms with Crippen molar-refractivity contribution in [2.45, 2.75) is 0 Å². The van der Waals surface area contributed by atoms with Crippen molar-refractivity contribution in [1.82, 2.24) is 4.98 Å². The lowest BCUT2D eigenvalue weighted by atomic mass is 10.3. The van der Waals surface area contributed by atoms with E-state index >= 15 is 0 Å². The fourth-order valence-electron chi connectivity index (χ4n) is 1.80. The number of aromatic nitrogens is 1. The average molecular weight is 425 g/mol. The molecule has 0 amide bonds. The number of anilines is 2. The van der Waals surface area contributed by atoms with Crippen LogP contribution >= 0.6 is 41.3 Å². The van der Waals surface area contributed by atoms with Crippen molar-refractivity contribution in [2.24, 2.45) is 0 Å². The van der Waals surface area contributed by atoms with Crippen molar-refractivity contribution < 1.29 is 8.96 Å². The molecule has 0 aliphatic heterocycles. The number of hydrogen-bond donors (Lipinski definition) is 1. The molecule has 0 aliphatic rings. The van der Waals surface area contributed by atoms with Crippen molar-refractivity contribution in [2.75, 3.05) is 18.6 Å². The van der Waals surface area contributed by atoms with Gasteiger partial charge >= 0.3 is 0 Å². The number of benzene rings is 1. The Kier molecular flexibility index (Phi) is 4.72. The van der Waals surface area contributed by atoms with Gasteiger partial charge in [0.05, 0.1) is 27.9 Å². The summed E-state index contributed by atoms with van der Waals surface area (Å²) in [7, 11) is -2.61. The molecule has 1 N–H and O–H groups in total. The highest BCUT2D eigenvalue weighted by atomic mass is 127. The van der Waals surface area contributed by atoms with Crippen molar-refractivity contribution in [3.05, 3.63) is 45.0 Å². The molecule has 106 valence electrons. The van der Waals surface area contributed by atoms with E-state index in [1.54, 1.807) is 25.5 Å². The molecule has 20 heavy (non-hydrogen) atoms. The van der Waals surface area contributed by atoms with E-state index in [2.05, 4.69) is 10.3 Å². The van der Waals surface area contributed by atoms with E-state index in [0.717, 1.165) is 3.57 Å². The summed E-state index contributed by atoms with van der Waals surface area (Å²) in [6, 6.07) is 4.82. The lowest BCUT2D eigenvalue weighted by molar-refractivity contribution is 0.588. The molecule has 0 atom stereocenters. The predicted molar refractivity (Wildman–Crippen MR) is 90.7 cm³/mol. The monoisotopic (exact) mass is 424 g/mol. The summed E-state index contributed by atoms with van der Waals surface area (Å²) >= 11 is 8.11. The number of nitrogens with zero attached hydrogens (tertiary/aromatic N) is 1. The summed E-state index contributed by atoms with van der Waals surface area (Å²) in [4.78, 5) is 3.96. The van der Waals surface area contributed by atoms with E-state index in [-0.39, 0.29) is 5.82 Å². The summed E-state index contributed by atoms with van der Waals surface area (Å²) < 4.78 is 27.0. The highest BCUT2D eigenvalue weighted by Gasteiger charge is 2.21. The van der Waals surface area contributed by atoms with Crippen LogP contribution in [-0.4, -0.2) is 18.3 Å². The van der Waals surface area contributed by atoms with Gasteiger partial charge in [0.1, 0.15) is 13.0 Å². The smallest absolute Gasteiger partial charge is 0.147 e. The SMILES string of the molecule is CP(C)(=O)c1c(Cl)cncc1Nc1ccc(I)cc1F. The van der Waals surface area contributed by atoms with Gasteiger partial charge in [0.25, 0.3) is 0 Å². The first-order chi connectivity index (χ1) is 9.29. The van der Waals surface area contributed by atoms with Crippen LogP contribution < -0.4 is 10.6 Å². The Hall–Kier alpha value is -0.650. The predicted octanol–water partition coefficient (Wildman–Crippen LogP) is 4.47. The Morgan fingerprint density at radius 2 is 2.00 bits per heavy atom. The van der Waals surface area contributed by atoms with Gasteiger partial charge in [0.2, 0.25) is 0 Å². The van der Waals surface area contributed by atoms with Crippen LogP contribution in [0.5, 0.6) is 0 Å². The molecule has 0 radical (unpaired) electrons. The number of rotatable bonds is 3. The van der Waals surface area contributed by atoms with E-state index in [9.17, 15) is 8.96 Å². The second-order valence-electron chi connectivity index (χ2n) is 4.62. The number of nitrogens with one attached hydrogen (secondary N) is 1. The average Bonchev–Trinajstić information content (AvgIpc) is 2.31. The normalized spacial score (nSPS) is 11.4. The Balaban J connectivity index is 2.49. The van der Waals surface area contributed by atoms with Crippen LogP contribution in [0.2, 0.25) is 5.02 Å². The van der Waals surface area contributed by atoms with Gasteiger partial charge in [-0.1, -0.05) is 11.6 Å². The third-order valence-corrected chi connectivity index (χ3v) is 5.26. The zero-order valence-electron chi connectivity index (χ0n) is 10.8. The number of pyridine rings is 1. The minimum atomic E-state index is -2.61. The molecule has 2 rings (SSSR count).